The molecule has 0 radical (unpaired) electrons. The summed E-state index contributed by atoms with van der Waals surface area (Å²) in [7, 11) is 2.02. The fourth-order valence-corrected chi connectivity index (χ4v) is 2.51. The van der Waals surface area contributed by atoms with Gasteiger partial charge in [-0.2, -0.15) is 0 Å². The summed E-state index contributed by atoms with van der Waals surface area (Å²) >= 11 is 1.60. The van der Waals surface area contributed by atoms with Gasteiger partial charge in [-0.1, -0.05) is 6.07 Å². The van der Waals surface area contributed by atoms with E-state index >= 15 is 0 Å². The van der Waals surface area contributed by atoms with Gasteiger partial charge in [0.05, 0.1) is 5.69 Å². The monoisotopic (exact) mass is 227 g/mol. The number of nitrogens with two attached hydrogens (primary N) is 1. The van der Waals surface area contributed by atoms with Gasteiger partial charge in [0.25, 0.3) is 0 Å². The third-order valence-electron chi connectivity index (χ3n) is 2.39. The lowest BCUT2D eigenvalue weighted by atomic mass is 10.1. The van der Waals surface area contributed by atoms with Gasteiger partial charge in [0.15, 0.2) is 0 Å². The molecular formula is C10H14FN3S. The van der Waals surface area contributed by atoms with E-state index in [9.17, 15) is 4.39 Å². The van der Waals surface area contributed by atoms with E-state index in [1.807, 2.05) is 7.05 Å². The molecule has 0 bridgehead atoms. The second-order valence-corrected chi connectivity index (χ2v) is 4.74. The highest BCUT2D eigenvalue weighted by atomic mass is 32.2. The standard InChI is InChI=1S/C10H14FN3S/c1-13-4-5-14(15-13)10-6-9(11)3-2-8(10)7-12/h2-3,6H,4-5,7,12H2,1H3. The highest BCUT2D eigenvalue weighted by Gasteiger charge is 2.20. The molecule has 15 heavy (non-hydrogen) atoms. The topological polar surface area (TPSA) is 32.5 Å². The van der Waals surface area contributed by atoms with Crippen LogP contribution in [0.4, 0.5) is 10.1 Å². The number of benzene rings is 1. The van der Waals surface area contributed by atoms with Crippen LogP contribution < -0.4 is 10.0 Å². The first-order chi connectivity index (χ1) is 7.20. The highest BCUT2D eigenvalue weighted by molar-refractivity contribution is 7.98. The maximum absolute atomic E-state index is 13.1. The Morgan fingerprint density at radius 1 is 1.47 bits per heavy atom. The summed E-state index contributed by atoms with van der Waals surface area (Å²) in [4.78, 5) is 0. The number of halogens is 1. The third-order valence-corrected chi connectivity index (χ3v) is 3.43. The van der Waals surface area contributed by atoms with Crippen molar-refractivity contribution >= 4 is 17.8 Å². The minimum atomic E-state index is -0.211. The molecule has 1 saturated heterocycles. The fraction of sp³-hybridized carbons (Fsp3) is 0.400. The van der Waals surface area contributed by atoms with E-state index in [-0.39, 0.29) is 5.82 Å². The Labute approximate surface area is 93.3 Å². The molecule has 0 saturated carbocycles. The minimum Gasteiger partial charge on any atom is -0.326 e. The first-order valence-corrected chi connectivity index (χ1v) is 5.59. The molecule has 1 aliphatic rings. The van der Waals surface area contributed by atoms with Crippen molar-refractivity contribution in [3.8, 4) is 0 Å². The van der Waals surface area contributed by atoms with E-state index in [4.69, 9.17) is 5.73 Å². The number of anilines is 1. The van der Waals surface area contributed by atoms with Gasteiger partial charge in [-0.3, -0.25) is 0 Å². The SMILES string of the molecule is CN1CCN(c2cc(F)ccc2CN)S1. The van der Waals surface area contributed by atoms with E-state index in [1.165, 1.54) is 6.07 Å². The van der Waals surface area contributed by atoms with Crippen molar-refractivity contribution in [1.29, 1.82) is 0 Å². The summed E-state index contributed by atoms with van der Waals surface area (Å²) in [5.41, 5.74) is 7.51. The maximum atomic E-state index is 13.1. The van der Waals surface area contributed by atoms with Crippen LogP contribution >= 0.6 is 12.1 Å². The molecule has 0 aliphatic carbocycles. The van der Waals surface area contributed by atoms with Crippen LogP contribution in [0.25, 0.3) is 0 Å². The van der Waals surface area contributed by atoms with Gasteiger partial charge in [0.1, 0.15) is 5.82 Å². The zero-order valence-electron chi connectivity index (χ0n) is 8.61. The van der Waals surface area contributed by atoms with Crippen LogP contribution in [0, 0.1) is 5.82 Å². The van der Waals surface area contributed by atoms with E-state index in [1.54, 1.807) is 24.3 Å². The second-order valence-electron chi connectivity index (χ2n) is 3.51. The molecule has 0 atom stereocenters. The quantitative estimate of drug-likeness (QED) is 0.778. The lowest BCUT2D eigenvalue weighted by molar-refractivity contribution is 0.613. The van der Waals surface area contributed by atoms with Crippen molar-refractivity contribution in [2.24, 2.45) is 5.73 Å². The van der Waals surface area contributed by atoms with Crippen molar-refractivity contribution in [2.45, 2.75) is 6.54 Å². The molecule has 1 heterocycles. The van der Waals surface area contributed by atoms with Crippen LogP contribution in [0.2, 0.25) is 0 Å². The van der Waals surface area contributed by atoms with Crippen LogP contribution in [0.5, 0.6) is 0 Å². The van der Waals surface area contributed by atoms with E-state index in [2.05, 4.69) is 8.61 Å². The van der Waals surface area contributed by atoms with Crippen molar-refractivity contribution in [1.82, 2.24) is 4.31 Å². The van der Waals surface area contributed by atoms with Gasteiger partial charge in [0, 0.05) is 31.8 Å². The summed E-state index contributed by atoms with van der Waals surface area (Å²) < 4.78 is 17.3. The first kappa shape index (κ1) is 10.7. The van der Waals surface area contributed by atoms with E-state index < -0.39 is 0 Å². The van der Waals surface area contributed by atoms with Crippen molar-refractivity contribution in [2.75, 3.05) is 24.4 Å². The molecule has 5 heteroatoms. The molecular weight excluding hydrogens is 213 g/mol. The largest absolute Gasteiger partial charge is 0.326 e. The first-order valence-electron chi connectivity index (χ1n) is 4.86. The summed E-state index contributed by atoms with van der Waals surface area (Å²) in [5, 5.41) is 0. The smallest absolute Gasteiger partial charge is 0.125 e. The summed E-state index contributed by atoms with van der Waals surface area (Å²) in [6, 6.07) is 4.76. The Balaban J connectivity index is 2.29. The molecule has 1 aromatic carbocycles. The fourth-order valence-electron chi connectivity index (χ4n) is 1.59. The van der Waals surface area contributed by atoms with Gasteiger partial charge in [-0.15, -0.1) is 0 Å². The van der Waals surface area contributed by atoms with Gasteiger partial charge in [-0.05, 0) is 24.7 Å². The average Bonchev–Trinajstić information content (AvgIpc) is 2.65. The predicted octanol–water partition coefficient (Wildman–Crippen LogP) is 1.60. The molecule has 0 amide bonds. The van der Waals surface area contributed by atoms with Crippen LogP contribution in [0.15, 0.2) is 18.2 Å². The number of hydrogen-bond donors (Lipinski definition) is 1. The third kappa shape index (κ3) is 2.25. The normalized spacial score (nSPS) is 17.4. The van der Waals surface area contributed by atoms with Gasteiger partial charge < -0.3 is 10.0 Å². The Hall–Kier alpha value is -0.780. The van der Waals surface area contributed by atoms with Gasteiger partial charge >= 0.3 is 0 Å². The molecule has 0 aromatic heterocycles. The molecule has 2 rings (SSSR count). The lowest BCUT2D eigenvalue weighted by Gasteiger charge is -2.19. The molecule has 1 fully saturated rings. The minimum absolute atomic E-state index is 0.211. The Morgan fingerprint density at radius 2 is 2.27 bits per heavy atom. The molecule has 1 aromatic rings. The number of hydrogen-bond acceptors (Lipinski definition) is 4. The predicted molar refractivity (Wildman–Crippen MR) is 61.9 cm³/mol. The van der Waals surface area contributed by atoms with Gasteiger partial charge in [0.2, 0.25) is 0 Å². The summed E-state index contributed by atoms with van der Waals surface area (Å²) in [5.74, 6) is -0.211. The number of nitrogens with zero attached hydrogens (tertiary/aromatic N) is 2. The molecule has 0 spiro atoms. The zero-order chi connectivity index (χ0) is 10.8. The van der Waals surface area contributed by atoms with Crippen molar-refractivity contribution < 1.29 is 4.39 Å². The van der Waals surface area contributed by atoms with Crippen molar-refractivity contribution in [3.63, 3.8) is 0 Å². The van der Waals surface area contributed by atoms with Gasteiger partial charge in [-0.25, -0.2) is 8.70 Å². The average molecular weight is 227 g/mol. The van der Waals surface area contributed by atoms with Crippen molar-refractivity contribution in [3.05, 3.63) is 29.6 Å². The van der Waals surface area contributed by atoms with Crippen LogP contribution in [0.1, 0.15) is 5.56 Å². The van der Waals surface area contributed by atoms with Crippen LogP contribution in [0.3, 0.4) is 0 Å². The van der Waals surface area contributed by atoms with Crippen LogP contribution in [-0.4, -0.2) is 24.4 Å². The Morgan fingerprint density at radius 3 is 2.87 bits per heavy atom. The van der Waals surface area contributed by atoms with E-state index in [0.29, 0.717) is 6.54 Å². The molecule has 1 aliphatic heterocycles. The number of rotatable bonds is 2. The Kier molecular flexibility index (Phi) is 3.14. The highest BCUT2D eigenvalue weighted by Crippen LogP contribution is 2.31. The summed E-state index contributed by atoms with van der Waals surface area (Å²) in [6.45, 7) is 2.32. The molecule has 82 valence electrons. The lowest BCUT2D eigenvalue weighted by Crippen LogP contribution is -2.14. The second kappa shape index (κ2) is 4.38. The molecule has 2 N–H and O–H groups in total. The van der Waals surface area contributed by atoms with Crippen LogP contribution in [-0.2, 0) is 6.54 Å². The zero-order valence-corrected chi connectivity index (χ0v) is 9.43. The number of likely N-dealkylation sites (N-methyl/N-ethyl adjacent to an activating group) is 1. The molecule has 0 unspecified atom stereocenters. The molecule has 3 nitrogen and oxygen atoms in total. The maximum Gasteiger partial charge on any atom is 0.125 e. The summed E-state index contributed by atoms with van der Waals surface area (Å²) in [6.07, 6.45) is 0. The van der Waals surface area contributed by atoms with E-state index in [0.717, 1.165) is 24.3 Å². The Bertz CT molecular complexity index is 359.